The molecule has 0 saturated heterocycles. The maximum atomic E-state index is 13.1. The van der Waals surface area contributed by atoms with Crippen LogP contribution < -0.4 is 20.5 Å². The van der Waals surface area contributed by atoms with E-state index in [9.17, 15) is 4.79 Å². The predicted molar refractivity (Wildman–Crippen MR) is 108 cm³/mol. The SMILES string of the molecule is COc1ccc(C(=O)N[C@@H](c2ccccn2)C2CCC(CN)CC2)c(OC)c1. The Labute approximate surface area is 166 Å². The number of carbonyl (C=O) groups is 1. The third-order valence-corrected chi connectivity index (χ3v) is 5.64. The number of pyridine rings is 1. The second-order valence-corrected chi connectivity index (χ2v) is 7.29. The van der Waals surface area contributed by atoms with Crippen LogP contribution in [0.1, 0.15) is 47.8 Å². The summed E-state index contributed by atoms with van der Waals surface area (Å²) >= 11 is 0. The van der Waals surface area contributed by atoms with Crippen LogP contribution >= 0.6 is 0 Å². The van der Waals surface area contributed by atoms with E-state index in [4.69, 9.17) is 15.2 Å². The van der Waals surface area contributed by atoms with Crippen LogP contribution in [0.5, 0.6) is 11.5 Å². The van der Waals surface area contributed by atoms with Crippen LogP contribution in [0.2, 0.25) is 0 Å². The van der Waals surface area contributed by atoms with E-state index in [1.54, 1.807) is 38.6 Å². The molecule has 1 aliphatic rings. The van der Waals surface area contributed by atoms with Crippen molar-refractivity contribution < 1.29 is 14.3 Å². The Bertz CT molecular complexity index is 774. The molecule has 0 aliphatic heterocycles. The number of ether oxygens (including phenoxy) is 2. The number of hydrogen-bond acceptors (Lipinski definition) is 5. The van der Waals surface area contributed by atoms with Crippen LogP contribution in [-0.4, -0.2) is 31.7 Å². The zero-order valence-electron chi connectivity index (χ0n) is 16.6. The Morgan fingerprint density at radius 1 is 1.18 bits per heavy atom. The largest absolute Gasteiger partial charge is 0.497 e. The Balaban J connectivity index is 1.83. The standard InChI is InChI=1S/C22H29N3O3/c1-27-17-10-11-18(20(13-17)28-2)22(26)25-21(19-5-3-4-12-24-19)16-8-6-15(14-23)7-9-16/h3-5,10-13,15-16,21H,6-9,14,23H2,1-2H3,(H,25,26)/t15?,16?,21-/m1/s1. The monoisotopic (exact) mass is 383 g/mol. The molecule has 3 rings (SSSR count). The van der Waals surface area contributed by atoms with Crippen molar-refractivity contribution in [2.24, 2.45) is 17.6 Å². The van der Waals surface area contributed by atoms with Crippen molar-refractivity contribution in [2.75, 3.05) is 20.8 Å². The molecule has 1 amide bonds. The Hall–Kier alpha value is -2.60. The molecule has 6 heteroatoms. The number of hydrogen-bond donors (Lipinski definition) is 2. The minimum absolute atomic E-state index is 0.140. The van der Waals surface area contributed by atoms with Gasteiger partial charge in [0, 0.05) is 12.3 Å². The third-order valence-electron chi connectivity index (χ3n) is 5.64. The van der Waals surface area contributed by atoms with Gasteiger partial charge in [-0.25, -0.2) is 0 Å². The van der Waals surface area contributed by atoms with Crippen molar-refractivity contribution in [3.63, 3.8) is 0 Å². The first-order valence-corrected chi connectivity index (χ1v) is 9.80. The first kappa shape index (κ1) is 20.1. The smallest absolute Gasteiger partial charge is 0.255 e. The van der Waals surface area contributed by atoms with Crippen molar-refractivity contribution in [2.45, 2.75) is 31.7 Å². The Kier molecular flexibility index (Phi) is 6.87. The minimum atomic E-state index is -0.170. The van der Waals surface area contributed by atoms with E-state index in [2.05, 4.69) is 10.3 Å². The van der Waals surface area contributed by atoms with Crippen LogP contribution in [0.25, 0.3) is 0 Å². The Morgan fingerprint density at radius 3 is 2.57 bits per heavy atom. The molecule has 3 N–H and O–H groups in total. The van der Waals surface area contributed by atoms with Gasteiger partial charge in [0.1, 0.15) is 11.5 Å². The fraction of sp³-hybridized carbons (Fsp3) is 0.455. The fourth-order valence-electron chi connectivity index (χ4n) is 3.96. The van der Waals surface area contributed by atoms with E-state index in [1.807, 2.05) is 18.2 Å². The molecule has 1 aromatic carbocycles. The van der Waals surface area contributed by atoms with E-state index >= 15 is 0 Å². The lowest BCUT2D eigenvalue weighted by Crippen LogP contribution is -2.36. The van der Waals surface area contributed by atoms with Gasteiger partial charge in [-0.2, -0.15) is 0 Å². The highest BCUT2D eigenvalue weighted by Gasteiger charge is 2.31. The molecule has 0 spiro atoms. The van der Waals surface area contributed by atoms with Crippen LogP contribution in [0.4, 0.5) is 0 Å². The Morgan fingerprint density at radius 2 is 1.96 bits per heavy atom. The van der Waals surface area contributed by atoms with Gasteiger partial charge in [-0.3, -0.25) is 9.78 Å². The highest BCUT2D eigenvalue weighted by atomic mass is 16.5. The van der Waals surface area contributed by atoms with Gasteiger partial charge in [0.25, 0.3) is 5.91 Å². The third kappa shape index (κ3) is 4.62. The van der Waals surface area contributed by atoms with Crippen LogP contribution in [0, 0.1) is 11.8 Å². The molecule has 1 saturated carbocycles. The summed E-state index contributed by atoms with van der Waals surface area (Å²) in [5.74, 6) is 1.89. The molecular weight excluding hydrogens is 354 g/mol. The van der Waals surface area contributed by atoms with E-state index in [0.29, 0.717) is 28.9 Å². The van der Waals surface area contributed by atoms with Gasteiger partial charge in [0.05, 0.1) is 31.5 Å². The quantitative estimate of drug-likeness (QED) is 0.766. The molecule has 1 aliphatic carbocycles. The number of amides is 1. The summed E-state index contributed by atoms with van der Waals surface area (Å²) in [4.78, 5) is 17.6. The molecule has 0 unspecified atom stereocenters. The van der Waals surface area contributed by atoms with Gasteiger partial charge in [0.15, 0.2) is 0 Å². The maximum absolute atomic E-state index is 13.1. The number of nitrogens with two attached hydrogens (primary N) is 1. The number of benzene rings is 1. The lowest BCUT2D eigenvalue weighted by atomic mass is 9.77. The average Bonchev–Trinajstić information content (AvgIpc) is 2.77. The normalized spacial score (nSPS) is 20.2. The van der Waals surface area contributed by atoms with Gasteiger partial charge in [-0.1, -0.05) is 6.07 Å². The summed E-state index contributed by atoms with van der Waals surface area (Å²) in [5, 5.41) is 3.21. The number of methoxy groups -OCH3 is 2. The van der Waals surface area contributed by atoms with Crippen molar-refractivity contribution in [1.29, 1.82) is 0 Å². The van der Waals surface area contributed by atoms with Crippen molar-refractivity contribution >= 4 is 5.91 Å². The number of nitrogens with zero attached hydrogens (tertiary/aromatic N) is 1. The highest BCUT2D eigenvalue weighted by Crippen LogP contribution is 2.36. The summed E-state index contributed by atoms with van der Waals surface area (Å²) < 4.78 is 10.6. The first-order chi connectivity index (χ1) is 13.7. The predicted octanol–water partition coefficient (Wildman–Crippen LogP) is 3.34. The van der Waals surface area contributed by atoms with E-state index < -0.39 is 0 Å². The van der Waals surface area contributed by atoms with E-state index in [-0.39, 0.29) is 11.9 Å². The molecular formula is C22H29N3O3. The lowest BCUT2D eigenvalue weighted by molar-refractivity contribution is 0.0902. The summed E-state index contributed by atoms with van der Waals surface area (Å²) in [6, 6.07) is 10.9. The van der Waals surface area contributed by atoms with Gasteiger partial charge in [-0.05, 0) is 68.3 Å². The summed E-state index contributed by atoms with van der Waals surface area (Å²) in [7, 11) is 3.14. The van der Waals surface area contributed by atoms with Crippen LogP contribution in [0.15, 0.2) is 42.6 Å². The fourth-order valence-corrected chi connectivity index (χ4v) is 3.96. The van der Waals surface area contributed by atoms with Crippen LogP contribution in [0.3, 0.4) is 0 Å². The van der Waals surface area contributed by atoms with Gasteiger partial charge >= 0.3 is 0 Å². The molecule has 28 heavy (non-hydrogen) atoms. The molecule has 1 atom stereocenters. The number of aromatic nitrogens is 1. The second kappa shape index (κ2) is 9.55. The van der Waals surface area contributed by atoms with Crippen molar-refractivity contribution in [3.05, 3.63) is 53.9 Å². The van der Waals surface area contributed by atoms with E-state index in [0.717, 1.165) is 37.9 Å². The zero-order valence-corrected chi connectivity index (χ0v) is 16.6. The average molecular weight is 383 g/mol. The first-order valence-electron chi connectivity index (χ1n) is 9.80. The van der Waals surface area contributed by atoms with Crippen molar-refractivity contribution in [3.8, 4) is 11.5 Å². The highest BCUT2D eigenvalue weighted by molar-refractivity contribution is 5.97. The lowest BCUT2D eigenvalue weighted by Gasteiger charge is -2.33. The minimum Gasteiger partial charge on any atom is -0.497 e. The summed E-state index contributed by atoms with van der Waals surface area (Å²) in [6.45, 7) is 0.733. The number of carbonyl (C=O) groups excluding carboxylic acids is 1. The molecule has 0 bridgehead atoms. The van der Waals surface area contributed by atoms with Gasteiger partial charge in [0.2, 0.25) is 0 Å². The molecule has 150 valence electrons. The number of nitrogens with one attached hydrogen (secondary N) is 1. The van der Waals surface area contributed by atoms with Gasteiger partial charge in [-0.15, -0.1) is 0 Å². The molecule has 1 aromatic heterocycles. The molecule has 2 aromatic rings. The molecule has 0 radical (unpaired) electrons. The van der Waals surface area contributed by atoms with E-state index in [1.165, 1.54) is 0 Å². The zero-order chi connectivity index (χ0) is 19.9. The topological polar surface area (TPSA) is 86.5 Å². The maximum Gasteiger partial charge on any atom is 0.255 e. The molecule has 6 nitrogen and oxygen atoms in total. The molecule has 1 heterocycles. The summed E-state index contributed by atoms with van der Waals surface area (Å²) in [5.41, 5.74) is 7.22. The summed E-state index contributed by atoms with van der Waals surface area (Å²) in [6.07, 6.45) is 6.01. The number of rotatable bonds is 7. The molecule has 1 fully saturated rings. The van der Waals surface area contributed by atoms with Gasteiger partial charge < -0.3 is 20.5 Å². The van der Waals surface area contributed by atoms with Crippen molar-refractivity contribution in [1.82, 2.24) is 10.3 Å². The second-order valence-electron chi connectivity index (χ2n) is 7.29. The van der Waals surface area contributed by atoms with Crippen LogP contribution in [-0.2, 0) is 0 Å².